The molecule has 1 amide bonds. The van der Waals surface area contributed by atoms with E-state index >= 15 is 0 Å². The van der Waals surface area contributed by atoms with Gasteiger partial charge in [-0.05, 0) is 23.6 Å². The van der Waals surface area contributed by atoms with Crippen LogP contribution in [0.1, 0.15) is 12.8 Å². The van der Waals surface area contributed by atoms with Gasteiger partial charge in [-0.1, -0.05) is 18.2 Å². The number of nitrogens with zero attached hydrogens (tertiary/aromatic N) is 1. The van der Waals surface area contributed by atoms with Crippen molar-refractivity contribution in [1.82, 2.24) is 0 Å². The van der Waals surface area contributed by atoms with Crippen LogP contribution in [0.4, 0.5) is 5.69 Å². The second-order valence-electron chi connectivity index (χ2n) is 6.38. The summed E-state index contributed by atoms with van der Waals surface area (Å²) in [5, 5.41) is 14.4. The Hall–Kier alpha value is -1.78. The predicted octanol–water partition coefficient (Wildman–Crippen LogP) is -0.0257. The maximum atomic E-state index is 12.0. The highest BCUT2D eigenvalue weighted by Gasteiger charge is 2.10. The van der Waals surface area contributed by atoms with Gasteiger partial charge < -0.3 is 27.3 Å². The third-order valence-corrected chi connectivity index (χ3v) is 3.37. The fourth-order valence-corrected chi connectivity index (χ4v) is 2.30. The van der Waals surface area contributed by atoms with Gasteiger partial charge in [0.25, 0.3) is 0 Å². The molecule has 2 rings (SSSR count). The Balaban J connectivity index is 0.00000242. The molecule has 5 heteroatoms. The van der Waals surface area contributed by atoms with E-state index in [0.717, 1.165) is 33.9 Å². The van der Waals surface area contributed by atoms with Gasteiger partial charge in [0.1, 0.15) is 5.75 Å². The number of quaternary nitrogens is 1. The maximum absolute atomic E-state index is 12.0. The molecule has 2 aromatic rings. The van der Waals surface area contributed by atoms with Crippen molar-refractivity contribution < 1.29 is 26.8 Å². The van der Waals surface area contributed by atoms with Crippen LogP contribution in [0.2, 0.25) is 0 Å². The first-order chi connectivity index (χ1) is 9.85. The number of phenolic OH excluding ortho intramolecular Hbond substituents is 1. The number of hydrogen-bond acceptors (Lipinski definition) is 2. The minimum Gasteiger partial charge on any atom is -1.00 e. The van der Waals surface area contributed by atoms with E-state index < -0.39 is 0 Å². The number of phenols is 1. The van der Waals surface area contributed by atoms with E-state index in [1.807, 2.05) is 24.3 Å². The number of halogens is 1. The van der Waals surface area contributed by atoms with Crippen LogP contribution in [0.5, 0.6) is 5.75 Å². The molecule has 120 valence electrons. The number of anilines is 1. The quantitative estimate of drug-likeness (QED) is 0.760. The fourth-order valence-electron chi connectivity index (χ4n) is 2.30. The number of hydrogen-bond donors (Lipinski definition) is 2. The molecular formula is C17H23ClN2O2. The zero-order chi connectivity index (χ0) is 15.5. The number of nitrogens with one attached hydrogen (secondary N) is 1. The second-order valence-corrected chi connectivity index (χ2v) is 6.38. The molecule has 0 fully saturated rings. The zero-order valence-electron chi connectivity index (χ0n) is 13.3. The zero-order valence-corrected chi connectivity index (χ0v) is 14.0. The highest BCUT2D eigenvalue weighted by Crippen LogP contribution is 2.27. The monoisotopic (exact) mass is 322 g/mol. The van der Waals surface area contributed by atoms with Crippen LogP contribution >= 0.6 is 0 Å². The summed E-state index contributed by atoms with van der Waals surface area (Å²) in [5.41, 5.74) is 0.749. The van der Waals surface area contributed by atoms with E-state index in [9.17, 15) is 9.90 Å². The van der Waals surface area contributed by atoms with Gasteiger partial charge in [-0.25, -0.2) is 0 Å². The molecule has 4 nitrogen and oxygen atoms in total. The van der Waals surface area contributed by atoms with Gasteiger partial charge in [0, 0.05) is 23.9 Å². The Morgan fingerprint density at radius 3 is 2.59 bits per heavy atom. The lowest BCUT2D eigenvalue weighted by molar-refractivity contribution is -0.870. The lowest BCUT2D eigenvalue weighted by atomic mass is 10.1. The molecule has 2 aromatic carbocycles. The van der Waals surface area contributed by atoms with Crippen LogP contribution in [0.15, 0.2) is 36.4 Å². The van der Waals surface area contributed by atoms with Crippen LogP contribution in [0.25, 0.3) is 10.8 Å². The summed E-state index contributed by atoms with van der Waals surface area (Å²) in [6.45, 7) is 0.962. The van der Waals surface area contributed by atoms with Crippen molar-refractivity contribution in [2.45, 2.75) is 12.8 Å². The maximum Gasteiger partial charge on any atom is 0.224 e. The van der Waals surface area contributed by atoms with Gasteiger partial charge in [0.05, 0.1) is 27.7 Å². The highest BCUT2D eigenvalue weighted by molar-refractivity contribution is 6.02. The molecule has 0 bridgehead atoms. The van der Waals surface area contributed by atoms with Gasteiger partial charge in [-0.3, -0.25) is 4.79 Å². The van der Waals surface area contributed by atoms with E-state index in [0.29, 0.717) is 6.42 Å². The molecular weight excluding hydrogens is 300 g/mol. The second kappa shape index (κ2) is 7.47. The van der Waals surface area contributed by atoms with Crippen LogP contribution in [-0.4, -0.2) is 43.2 Å². The first kappa shape index (κ1) is 18.3. The molecule has 0 aliphatic carbocycles. The summed E-state index contributed by atoms with van der Waals surface area (Å²) in [6, 6.07) is 10.9. The normalized spacial score (nSPS) is 11.0. The Bertz CT molecular complexity index is 651. The van der Waals surface area contributed by atoms with Crippen molar-refractivity contribution in [3.8, 4) is 5.75 Å². The van der Waals surface area contributed by atoms with Crippen LogP contribution in [-0.2, 0) is 4.79 Å². The van der Waals surface area contributed by atoms with Crippen molar-refractivity contribution in [3.05, 3.63) is 36.4 Å². The van der Waals surface area contributed by atoms with Crippen LogP contribution in [0, 0.1) is 0 Å². The topological polar surface area (TPSA) is 49.3 Å². The number of rotatable bonds is 5. The molecule has 0 saturated carbocycles. The summed E-state index contributed by atoms with van der Waals surface area (Å²) in [6.07, 6.45) is 1.36. The Morgan fingerprint density at radius 1 is 1.18 bits per heavy atom. The Morgan fingerprint density at radius 2 is 1.91 bits per heavy atom. The van der Waals surface area contributed by atoms with Crippen LogP contribution < -0.4 is 17.7 Å². The SMILES string of the molecule is C[N+](C)(C)CCCC(=O)Nc1cccc2ccc(O)cc12.[Cl-]. The molecule has 0 unspecified atom stereocenters. The molecule has 0 aliphatic rings. The van der Waals surface area contributed by atoms with Crippen molar-refractivity contribution in [1.29, 1.82) is 0 Å². The van der Waals surface area contributed by atoms with E-state index in [1.165, 1.54) is 0 Å². The van der Waals surface area contributed by atoms with E-state index in [1.54, 1.807) is 12.1 Å². The van der Waals surface area contributed by atoms with Gasteiger partial charge in [0.2, 0.25) is 5.91 Å². The van der Waals surface area contributed by atoms with Crippen molar-refractivity contribution in [2.24, 2.45) is 0 Å². The lowest BCUT2D eigenvalue weighted by Gasteiger charge is -2.23. The summed E-state index contributed by atoms with van der Waals surface area (Å²) < 4.78 is 0.857. The molecule has 0 heterocycles. The van der Waals surface area contributed by atoms with Gasteiger partial charge in [-0.15, -0.1) is 0 Å². The smallest absolute Gasteiger partial charge is 0.224 e. The van der Waals surface area contributed by atoms with Gasteiger partial charge in [-0.2, -0.15) is 0 Å². The number of carbonyl (C=O) groups is 1. The third-order valence-electron chi connectivity index (χ3n) is 3.37. The average molecular weight is 323 g/mol. The molecule has 0 spiro atoms. The first-order valence-corrected chi connectivity index (χ1v) is 7.17. The summed E-state index contributed by atoms with van der Waals surface area (Å²) >= 11 is 0. The van der Waals surface area contributed by atoms with Crippen LogP contribution in [0.3, 0.4) is 0 Å². The van der Waals surface area contributed by atoms with Crippen molar-refractivity contribution >= 4 is 22.4 Å². The van der Waals surface area contributed by atoms with Gasteiger partial charge >= 0.3 is 0 Å². The number of carbonyl (C=O) groups excluding carboxylic acids is 1. The fraction of sp³-hybridized carbons (Fsp3) is 0.353. The summed E-state index contributed by atoms with van der Waals surface area (Å²) in [5.74, 6) is 0.216. The number of fused-ring (bicyclic) bond motifs is 1. The molecule has 2 N–H and O–H groups in total. The first-order valence-electron chi connectivity index (χ1n) is 7.17. The molecule has 0 aliphatic heterocycles. The Kier molecular flexibility index (Phi) is 6.21. The largest absolute Gasteiger partial charge is 1.00 e. The minimum absolute atomic E-state index is 0. The van der Waals surface area contributed by atoms with Crippen molar-refractivity contribution in [2.75, 3.05) is 33.0 Å². The molecule has 22 heavy (non-hydrogen) atoms. The highest BCUT2D eigenvalue weighted by atomic mass is 35.5. The third kappa shape index (κ3) is 5.20. The average Bonchev–Trinajstić information content (AvgIpc) is 2.38. The van der Waals surface area contributed by atoms with E-state index in [-0.39, 0.29) is 24.1 Å². The summed E-state index contributed by atoms with van der Waals surface area (Å²) in [7, 11) is 6.35. The Labute approximate surface area is 137 Å². The van der Waals surface area contributed by atoms with E-state index in [2.05, 4.69) is 26.5 Å². The predicted molar refractivity (Wildman–Crippen MR) is 86.4 cm³/mol. The minimum atomic E-state index is 0. The number of amides is 1. The number of aromatic hydroxyl groups is 1. The number of benzene rings is 2. The standard InChI is InChI=1S/C17H22N2O2.ClH/c1-19(2,3)11-5-8-17(21)18-16-7-4-6-13-9-10-14(20)12-15(13)16;/h4,6-7,9-10,12H,5,8,11H2,1-3H3,(H-,18,20,21);1H. The lowest BCUT2D eigenvalue weighted by Crippen LogP contribution is -3.00. The molecule has 0 aromatic heterocycles. The van der Waals surface area contributed by atoms with E-state index in [4.69, 9.17) is 0 Å². The molecule has 0 saturated heterocycles. The van der Waals surface area contributed by atoms with Gasteiger partial charge in [0.15, 0.2) is 0 Å². The summed E-state index contributed by atoms with van der Waals surface area (Å²) in [4.78, 5) is 12.0. The molecule has 0 atom stereocenters. The molecule has 0 radical (unpaired) electrons. The van der Waals surface area contributed by atoms with Crippen molar-refractivity contribution in [3.63, 3.8) is 0 Å².